The summed E-state index contributed by atoms with van der Waals surface area (Å²) in [5.74, 6) is 0.178. The Labute approximate surface area is 117 Å². The molecule has 3 aliphatic rings. The van der Waals surface area contributed by atoms with Gasteiger partial charge in [-0.25, -0.2) is 9.59 Å². The second kappa shape index (κ2) is 4.89. The molecule has 0 bridgehead atoms. The van der Waals surface area contributed by atoms with E-state index < -0.39 is 12.0 Å². The van der Waals surface area contributed by atoms with Gasteiger partial charge in [0.1, 0.15) is 6.04 Å². The molecule has 2 unspecified atom stereocenters. The van der Waals surface area contributed by atoms with Crippen molar-refractivity contribution in [2.45, 2.75) is 50.1 Å². The third-order valence-electron chi connectivity index (χ3n) is 4.14. The van der Waals surface area contributed by atoms with Crippen molar-refractivity contribution < 1.29 is 14.7 Å². The van der Waals surface area contributed by atoms with E-state index >= 15 is 0 Å². The minimum absolute atomic E-state index is 0.0562. The molecule has 3 rings (SSSR count). The number of carbonyl (C=O) groups is 2. The fraction of sp³-hybridized carbons (Fsp3) is 0.846. The molecular weight excluding hydrogens is 264 g/mol. The first-order chi connectivity index (χ1) is 9.13. The Morgan fingerprint density at radius 3 is 2.47 bits per heavy atom. The van der Waals surface area contributed by atoms with Crippen molar-refractivity contribution >= 4 is 23.8 Å². The Bertz CT molecular complexity index is 395. The molecule has 106 valence electrons. The lowest BCUT2D eigenvalue weighted by molar-refractivity contribution is -0.141. The Hall–Kier alpha value is -0.910. The first kappa shape index (κ1) is 13.1. The molecule has 1 heterocycles. The zero-order valence-electron chi connectivity index (χ0n) is 11.1. The average molecular weight is 284 g/mol. The summed E-state index contributed by atoms with van der Waals surface area (Å²) in [5.41, 5.74) is 0. The SMILES string of the molecule is CCN(C(=O)N1C(C(=O)O)CSC1C1CC1)C1CC1. The van der Waals surface area contributed by atoms with Gasteiger partial charge in [0.2, 0.25) is 0 Å². The first-order valence-corrected chi connectivity index (χ1v) is 8.11. The van der Waals surface area contributed by atoms with Crippen molar-refractivity contribution in [2.75, 3.05) is 12.3 Å². The number of carbonyl (C=O) groups excluding carboxylic acids is 1. The topological polar surface area (TPSA) is 60.9 Å². The zero-order valence-corrected chi connectivity index (χ0v) is 11.9. The van der Waals surface area contributed by atoms with Crippen LogP contribution >= 0.6 is 11.8 Å². The predicted octanol–water partition coefficient (Wildman–Crippen LogP) is 1.83. The van der Waals surface area contributed by atoms with Crippen molar-refractivity contribution in [2.24, 2.45) is 5.92 Å². The highest BCUT2D eigenvalue weighted by Crippen LogP contribution is 2.46. The molecule has 0 spiro atoms. The summed E-state index contributed by atoms with van der Waals surface area (Å²) in [6, 6.07) is -0.354. The van der Waals surface area contributed by atoms with Crippen molar-refractivity contribution in [3.63, 3.8) is 0 Å². The highest BCUT2D eigenvalue weighted by atomic mass is 32.2. The van der Waals surface area contributed by atoms with Crippen molar-refractivity contribution in [1.29, 1.82) is 0 Å². The Kier molecular flexibility index (Phi) is 3.37. The number of thioether (sulfide) groups is 1. The summed E-state index contributed by atoms with van der Waals surface area (Å²) in [7, 11) is 0. The molecule has 2 aliphatic carbocycles. The second-order valence-electron chi connectivity index (χ2n) is 5.62. The lowest BCUT2D eigenvalue weighted by atomic mass is 10.2. The van der Waals surface area contributed by atoms with E-state index in [0.717, 1.165) is 25.7 Å². The van der Waals surface area contributed by atoms with Gasteiger partial charge in [0.15, 0.2) is 0 Å². The molecule has 6 heteroatoms. The molecular formula is C13H20N2O3S. The van der Waals surface area contributed by atoms with Gasteiger partial charge in [0, 0.05) is 18.3 Å². The highest BCUT2D eigenvalue weighted by Gasteiger charge is 2.50. The third-order valence-corrected chi connectivity index (χ3v) is 5.60. The largest absolute Gasteiger partial charge is 0.480 e. The Morgan fingerprint density at radius 1 is 1.32 bits per heavy atom. The van der Waals surface area contributed by atoms with Gasteiger partial charge < -0.3 is 10.0 Å². The molecule has 1 N–H and O–H groups in total. The molecule has 1 saturated heterocycles. The quantitative estimate of drug-likeness (QED) is 0.855. The van der Waals surface area contributed by atoms with Gasteiger partial charge >= 0.3 is 12.0 Å². The van der Waals surface area contributed by atoms with Crippen LogP contribution in [0, 0.1) is 5.92 Å². The molecule has 3 fully saturated rings. The molecule has 0 aromatic heterocycles. The van der Waals surface area contributed by atoms with Gasteiger partial charge in [-0.2, -0.15) is 0 Å². The van der Waals surface area contributed by atoms with Crippen molar-refractivity contribution in [3.8, 4) is 0 Å². The van der Waals surface area contributed by atoms with Gasteiger partial charge in [0.05, 0.1) is 5.37 Å². The van der Waals surface area contributed by atoms with Crippen molar-refractivity contribution in [3.05, 3.63) is 0 Å². The van der Waals surface area contributed by atoms with E-state index in [-0.39, 0.29) is 11.4 Å². The third kappa shape index (κ3) is 2.42. The van der Waals surface area contributed by atoms with E-state index in [1.165, 1.54) is 0 Å². The molecule has 0 aromatic rings. The second-order valence-corrected chi connectivity index (χ2v) is 6.77. The predicted molar refractivity (Wildman–Crippen MR) is 73.0 cm³/mol. The van der Waals surface area contributed by atoms with E-state index in [1.54, 1.807) is 16.7 Å². The fourth-order valence-electron chi connectivity index (χ4n) is 2.79. The molecule has 2 saturated carbocycles. The zero-order chi connectivity index (χ0) is 13.6. The van der Waals surface area contributed by atoms with E-state index in [1.807, 2.05) is 11.8 Å². The lowest BCUT2D eigenvalue weighted by Gasteiger charge is -2.33. The monoisotopic (exact) mass is 284 g/mol. The summed E-state index contributed by atoms with van der Waals surface area (Å²) < 4.78 is 0. The van der Waals surface area contributed by atoms with Crippen LogP contribution in [0.5, 0.6) is 0 Å². The van der Waals surface area contributed by atoms with Crippen LogP contribution in [0.4, 0.5) is 4.79 Å². The number of nitrogens with zero attached hydrogens (tertiary/aromatic N) is 2. The number of urea groups is 1. The van der Waals surface area contributed by atoms with Crippen LogP contribution in [0.1, 0.15) is 32.6 Å². The average Bonchev–Trinajstić information content (AvgIpc) is 3.29. The Balaban J connectivity index is 1.79. The number of hydrogen-bond acceptors (Lipinski definition) is 3. The van der Waals surface area contributed by atoms with Gasteiger partial charge in [-0.3, -0.25) is 4.90 Å². The smallest absolute Gasteiger partial charge is 0.327 e. The van der Waals surface area contributed by atoms with Gasteiger partial charge in [-0.15, -0.1) is 11.8 Å². The summed E-state index contributed by atoms with van der Waals surface area (Å²) in [6.45, 7) is 2.65. The number of carboxylic acids is 1. The summed E-state index contributed by atoms with van der Waals surface area (Å²) in [5, 5.41) is 9.42. The minimum Gasteiger partial charge on any atom is -0.480 e. The number of amides is 2. The van der Waals surface area contributed by atoms with E-state index in [4.69, 9.17) is 0 Å². The highest BCUT2D eigenvalue weighted by molar-refractivity contribution is 8.00. The molecule has 19 heavy (non-hydrogen) atoms. The van der Waals surface area contributed by atoms with Crippen LogP contribution in [-0.4, -0.2) is 56.7 Å². The Morgan fingerprint density at radius 2 is 2.00 bits per heavy atom. The van der Waals surface area contributed by atoms with Gasteiger partial charge in [0.25, 0.3) is 0 Å². The number of hydrogen-bond donors (Lipinski definition) is 1. The van der Waals surface area contributed by atoms with Gasteiger partial charge in [-0.1, -0.05) is 0 Å². The summed E-state index contributed by atoms with van der Waals surface area (Å²) >= 11 is 1.64. The van der Waals surface area contributed by atoms with Crippen LogP contribution in [0.3, 0.4) is 0 Å². The van der Waals surface area contributed by atoms with Gasteiger partial charge in [-0.05, 0) is 38.5 Å². The lowest BCUT2D eigenvalue weighted by Crippen LogP contribution is -2.52. The minimum atomic E-state index is -0.865. The van der Waals surface area contributed by atoms with Crippen LogP contribution in [0.2, 0.25) is 0 Å². The first-order valence-electron chi connectivity index (χ1n) is 7.06. The van der Waals surface area contributed by atoms with E-state index in [0.29, 0.717) is 24.3 Å². The summed E-state index contributed by atoms with van der Waals surface area (Å²) in [4.78, 5) is 27.6. The molecule has 1 aliphatic heterocycles. The maximum atomic E-state index is 12.7. The molecule has 0 aromatic carbocycles. The van der Waals surface area contributed by atoms with Crippen LogP contribution in [-0.2, 0) is 4.79 Å². The maximum absolute atomic E-state index is 12.7. The fourth-order valence-corrected chi connectivity index (χ4v) is 4.41. The number of carboxylic acid groups (broad SMARTS) is 1. The van der Waals surface area contributed by atoms with E-state index in [9.17, 15) is 14.7 Å². The maximum Gasteiger partial charge on any atom is 0.327 e. The normalized spacial score (nSPS) is 30.5. The number of rotatable bonds is 4. The molecule has 5 nitrogen and oxygen atoms in total. The van der Waals surface area contributed by atoms with Crippen LogP contribution in [0.25, 0.3) is 0 Å². The van der Waals surface area contributed by atoms with Crippen LogP contribution < -0.4 is 0 Å². The number of aliphatic carboxylic acids is 1. The molecule has 2 atom stereocenters. The van der Waals surface area contributed by atoms with Crippen molar-refractivity contribution in [1.82, 2.24) is 9.80 Å². The summed E-state index contributed by atoms with van der Waals surface area (Å²) in [6.07, 6.45) is 4.38. The molecule has 2 amide bonds. The van der Waals surface area contributed by atoms with Crippen LogP contribution in [0.15, 0.2) is 0 Å². The molecule has 0 radical (unpaired) electrons. The van der Waals surface area contributed by atoms with E-state index in [2.05, 4.69) is 0 Å². The standard InChI is InChI=1S/C13H20N2O3S/c1-2-14(9-5-6-9)13(18)15-10(12(16)17)7-19-11(15)8-3-4-8/h8-11H,2-7H2,1H3,(H,16,17).